The highest BCUT2D eigenvalue weighted by Gasteiger charge is 2.09. The number of ether oxygens (including phenoxy) is 2. The molecule has 0 aromatic rings. The number of methoxy groups -OCH3 is 1. The van der Waals surface area contributed by atoms with E-state index in [1.54, 1.807) is 7.11 Å². The lowest BCUT2D eigenvalue weighted by Gasteiger charge is -2.13. The van der Waals surface area contributed by atoms with Crippen molar-refractivity contribution in [2.75, 3.05) is 33.7 Å². The molecule has 1 rings (SSSR count). The Bertz CT molecular complexity index is 81.7. The second-order valence-electron chi connectivity index (χ2n) is 2.56. The van der Waals surface area contributed by atoms with E-state index >= 15 is 0 Å². The van der Waals surface area contributed by atoms with Gasteiger partial charge in [0, 0.05) is 20.2 Å². The molecule has 1 saturated heterocycles. The summed E-state index contributed by atoms with van der Waals surface area (Å²) in [6.07, 6.45) is 2.63. The molecule has 0 atom stereocenters. The van der Waals surface area contributed by atoms with Crippen LogP contribution in [0.3, 0.4) is 0 Å². The Hall–Kier alpha value is -0.120. The van der Waals surface area contributed by atoms with Crippen LogP contribution < -0.4 is 0 Å². The van der Waals surface area contributed by atoms with Gasteiger partial charge in [0.25, 0.3) is 0 Å². The Kier molecular flexibility index (Phi) is 3.72. The van der Waals surface area contributed by atoms with Crippen molar-refractivity contribution in [3.05, 3.63) is 0 Å². The monoisotopic (exact) mass is 145 g/mol. The van der Waals surface area contributed by atoms with Crippen molar-refractivity contribution >= 4 is 0 Å². The van der Waals surface area contributed by atoms with Crippen molar-refractivity contribution in [1.82, 2.24) is 4.90 Å². The van der Waals surface area contributed by atoms with Crippen molar-refractivity contribution in [2.45, 2.75) is 12.8 Å². The van der Waals surface area contributed by atoms with E-state index < -0.39 is 0 Å². The van der Waals surface area contributed by atoms with Crippen LogP contribution in [0.4, 0.5) is 0 Å². The number of nitrogens with zero attached hydrogens (tertiary/aromatic N) is 1. The maximum Gasteiger partial charge on any atom is 0.148 e. The van der Waals surface area contributed by atoms with Crippen molar-refractivity contribution in [3.63, 3.8) is 0 Å². The van der Waals surface area contributed by atoms with E-state index in [1.165, 1.54) is 25.9 Å². The predicted molar refractivity (Wildman–Crippen MR) is 38.6 cm³/mol. The molecule has 0 bridgehead atoms. The van der Waals surface area contributed by atoms with Gasteiger partial charge in [0.2, 0.25) is 0 Å². The highest BCUT2D eigenvalue weighted by Crippen LogP contribution is 2.05. The van der Waals surface area contributed by atoms with Crippen LogP contribution >= 0.6 is 0 Å². The second-order valence-corrected chi connectivity index (χ2v) is 2.56. The lowest BCUT2D eigenvalue weighted by molar-refractivity contribution is -0.0683. The lowest BCUT2D eigenvalue weighted by Crippen LogP contribution is -2.23. The van der Waals surface area contributed by atoms with E-state index in [0.717, 1.165) is 6.73 Å². The van der Waals surface area contributed by atoms with Crippen LogP contribution in [-0.4, -0.2) is 38.6 Å². The summed E-state index contributed by atoms with van der Waals surface area (Å²) in [6.45, 7) is 3.51. The number of rotatable bonds is 4. The molecule has 0 N–H and O–H groups in total. The average molecular weight is 145 g/mol. The standard InChI is InChI=1S/C7H15NO2/c1-9-7-10-6-8-4-2-3-5-8/h2-7H2,1H3. The Morgan fingerprint density at radius 1 is 1.30 bits per heavy atom. The van der Waals surface area contributed by atoms with Crippen LogP contribution in [-0.2, 0) is 9.47 Å². The summed E-state index contributed by atoms with van der Waals surface area (Å²) in [5.74, 6) is 0. The Labute approximate surface area is 61.9 Å². The summed E-state index contributed by atoms with van der Waals surface area (Å²) >= 11 is 0. The molecule has 60 valence electrons. The zero-order valence-corrected chi connectivity index (χ0v) is 6.51. The molecule has 1 aliphatic rings. The minimum absolute atomic E-state index is 0.413. The average Bonchev–Trinajstić information content (AvgIpc) is 2.41. The first-order chi connectivity index (χ1) is 4.93. The summed E-state index contributed by atoms with van der Waals surface area (Å²) in [4.78, 5) is 2.29. The van der Waals surface area contributed by atoms with Gasteiger partial charge in [0.15, 0.2) is 0 Å². The van der Waals surface area contributed by atoms with Crippen LogP contribution in [0, 0.1) is 0 Å². The molecule has 1 aliphatic heterocycles. The number of hydrogen-bond acceptors (Lipinski definition) is 3. The zero-order chi connectivity index (χ0) is 7.23. The van der Waals surface area contributed by atoms with Crippen LogP contribution in [0.2, 0.25) is 0 Å². The highest BCUT2D eigenvalue weighted by atomic mass is 16.7. The Morgan fingerprint density at radius 3 is 2.60 bits per heavy atom. The normalized spacial score (nSPS) is 20.1. The van der Waals surface area contributed by atoms with Crippen LogP contribution in [0.5, 0.6) is 0 Å². The third kappa shape index (κ3) is 2.64. The third-order valence-electron chi connectivity index (χ3n) is 1.67. The Morgan fingerprint density at radius 2 is 2.00 bits per heavy atom. The van der Waals surface area contributed by atoms with E-state index in [0.29, 0.717) is 6.79 Å². The summed E-state index contributed by atoms with van der Waals surface area (Å²) in [6, 6.07) is 0. The molecule has 3 heteroatoms. The summed E-state index contributed by atoms with van der Waals surface area (Å²) in [5.41, 5.74) is 0. The molecule has 3 nitrogen and oxygen atoms in total. The SMILES string of the molecule is COCOCN1CCCC1. The predicted octanol–water partition coefficient (Wildman–Crippen LogP) is 0.660. The first-order valence-corrected chi connectivity index (χ1v) is 3.72. The van der Waals surface area contributed by atoms with Gasteiger partial charge >= 0.3 is 0 Å². The molecular formula is C7H15NO2. The third-order valence-corrected chi connectivity index (χ3v) is 1.67. The maximum atomic E-state index is 5.17. The fourth-order valence-electron chi connectivity index (χ4n) is 1.16. The molecular weight excluding hydrogens is 130 g/mol. The van der Waals surface area contributed by atoms with E-state index in [4.69, 9.17) is 9.47 Å². The van der Waals surface area contributed by atoms with Gasteiger partial charge in [-0.2, -0.15) is 0 Å². The fraction of sp³-hybridized carbons (Fsp3) is 1.00. The first-order valence-electron chi connectivity index (χ1n) is 3.72. The molecule has 0 saturated carbocycles. The molecule has 0 unspecified atom stereocenters. The van der Waals surface area contributed by atoms with E-state index in [1.807, 2.05) is 0 Å². The van der Waals surface area contributed by atoms with Crippen LogP contribution in [0.1, 0.15) is 12.8 Å². The highest BCUT2D eigenvalue weighted by molar-refractivity contribution is 4.61. The Balaban J connectivity index is 1.91. The van der Waals surface area contributed by atoms with Gasteiger partial charge in [0.1, 0.15) is 13.5 Å². The van der Waals surface area contributed by atoms with Crippen molar-refractivity contribution in [2.24, 2.45) is 0 Å². The van der Waals surface area contributed by atoms with E-state index in [2.05, 4.69) is 4.90 Å². The minimum Gasteiger partial charge on any atom is -0.359 e. The maximum absolute atomic E-state index is 5.17. The van der Waals surface area contributed by atoms with Gasteiger partial charge in [-0.1, -0.05) is 0 Å². The first kappa shape index (κ1) is 7.98. The zero-order valence-electron chi connectivity index (χ0n) is 6.51. The second kappa shape index (κ2) is 4.66. The number of hydrogen-bond donors (Lipinski definition) is 0. The molecule has 10 heavy (non-hydrogen) atoms. The largest absolute Gasteiger partial charge is 0.359 e. The molecule has 1 heterocycles. The minimum atomic E-state index is 0.413. The van der Waals surface area contributed by atoms with Gasteiger partial charge in [-0.3, -0.25) is 4.90 Å². The van der Waals surface area contributed by atoms with Gasteiger partial charge in [-0.15, -0.1) is 0 Å². The topological polar surface area (TPSA) is 21.7 Å². The lowest BCUT2D eigenvalue weighted by atomic mass is 10.4. The molecule has 0 aliphatic carbocycles. The summed E-state index contributed by atoms with van der Waals surface area (Å²) in [5, 5.41) is 0. The van der Waals surface area contributed by atoms with Crippen molar-refractivity contribution in [3.8, 4) is 0 Å². The quantitative estimate of drug-likeness (QED) is 0.428. The summed E-state index contributed by atoms with van der Waals surface area (Å²) < 4.78 is 9.92. The van der Waals surface area contributed by atoms with Crippen molar-refractivity contribution in [1.29, 1.82) is 0 Å². The molecule has 0 aromatic heterocycles. The van der Waals surface area contributed by atoms with Gasteiger partial charge in [-0.25, -0.2) is 0 Å². The molecule has 0 amide bonds. The van der Waals surface area contributed by atoms with E-state index in [9.17, 15) is 0 Å². The van der Waals surface area contributed by atoms with Crippen LogP contribution in [0.15, 0.2) is 0 Å². The fourth-order valence-corrected chi connectivity index (χ4v) is 1.16. The molecule has 0 spiro atoms. The molecule has 0 radical (unpaired) electrons. The molecule has 1 fully saturated rings. The van der Waals surface area contributed by atoms with Gasteiger partial charge < -0.3 is 9.47 Å². The van der Waals surface area contributed by atoms with Gasteiger partial charge in [-0.05, 0) is 12.8 Å². The van der Waals surface area contributed by atoms with E-state index in [-0.39, 0.29) is 0 Å². The van der Waals surface area contributed by atoms with Crippen molar-refractivity contribution < 1.29 is 9.47 Å². The number of likely N-dealkylation sites (tertiary alicyclic amines) is 1. The smallest absolute Gasteiger partial charge is 0.148 e. The van der Waals surface area contributed by atoms with Crippen LogP contribution in [0.25, 0.3) is 0 Å². The molecule has 0 aromatic carbocycles. The van der Waals surface area contributed by atoms with Gasteiger partial charge in [0.05, 0.1) is 0 Å². The summed E-state index contributed by atoms with van der Waals surface area (Å²) in [7, 11) is 1.64.